The Balaban J connectivity index is 2.00. The molecule has 2 aromatic carbocycles. The molecule has 0 atom stereocenters. The third-order valence-electron chi connectivity index (χ3n) is 3.63. The molecule has 7 heteroatoms. The lowest BCUT2D eigenvalue weighted by Crippen LogP contribution is -2.40. The second kappa shape index (κ2) is 9.71. The third kappa shape index (κ3) is 6.65. The average molecular weight is 449 g/mol. The minimum Gasteiger partial charge on any atom is -0.490 e. The monoisotopic (exact) mass is 448 g/mol. The Morgan fingerprint density at radius 2 is 1.61 bits per heavy atom. The summed E-state index contributed by atoms with van der Waals surface area (Å²) in [6, 6.07) is 11.9. The number of nitrogens with one attached hydrogen (secondary N) is 2. The van der Waals surface area contributed by atoms with E-state index in [1.165, 1.54) is 0 Å². The zero-order valence-corrected chi connectivity index (χ0v) is 18.1. The molecule has 0 aliphatic rings. The Morgan fingerprint density at radius 3 is 2.18 bits per heavy atom. The highest BCUT2D eigenvalue weighted by molar-refractivity contribution is 9.10. The van der Waals surface area contributed by atoms with Gasteiger partial charge in [-0.15, -0.1) is 0 Å². The highest BCUT2D eigenvalue weighted by Crippen LogP contribution is 2.26. The van der Waals surface area contributed by atoms with Gasteiger partial charge in [0.2, 0.25) is 0 Å². The van der Waals surface area contributed by atoms with E-state index in [0.29, 0.717) is 40.3 Å². The second-order valence-electron chi connectivity index (χ2n) is 7.22. The van der Waals surface area contributed by atoms with Crippen molar-refractivity contribution in [2.24, 2.45) is 0 Å². The van der Waals surface area contributed by atoms with Crippen LogP contribution in [0.3, 0.4) is 0 Å². The Labute approximate surface area is 173 Å². The van der Waals surface area contributed by atoms with Crippen molar-refractivity contribution in [3.8, 4) is 5.75 Å². The molecule has 6 nitrogen and oxygen atoms in total. The highest BCUT2D eigenvalue weighted by atomic mass is 79.9. The van der Waals surface area contributed by atoms with Crippen molar-refractivity contribution in [3.05, 3.63) is 58.1 Å². The molecule has 0 unspecified atom stereocenters. The summed E-state index contributed by atoms with van der Waals surface area (Å²) < 4.78 is 11.2. The van der Waals surface area contributed by atoms with Gasteiger partial charge in [0.25, 0.3) is 11.8 Å². The lowest BCUT2D eigenvalue weighted by atomic mass is 10.1. The van der Waals surface area contributed by atoms with Crippen molar-refractivity contribution in [2.45, 2.75) is 26.3 Å². The van der Waals surface area contributed by atoms with Gasteiger partial charge < -0.3 is 20.1 Å². The molecule has 0 radical (unpaired) electrons. The fourth-order valence-corrected chi connectivity index (χ4v) is 2.81. The van der Waals surface area contributed by atoms with Crippen LogP contribution in [-0.4, -0.2) is 37.7 Å². The Bertz CT molecular complexity index is 829. The number of benzene rings is 2. The third-order valence-corrected chi connectivity index (χ3v) is 4.25. The molecule has 2 aromatic rings. The summed E-state index contributed by atoms with van der Waals surface area (Å²) in [5.41, 5.74) is 1.32. The van der Waals surface area contributed by atoms with Crippen LogP contribution in [0.5, 0.6) is 5.75 Å². The molecule has 2 rings (SSSR count). The van der Waals surface area contributed by atoms with Gasteiger partial charge in [-0.05, 0) is 79.2 Å². The van der Waals surface area contributed by atoms with E-state index < -0.39 is 0 Å². The van der Waals surface area contributed by atoms with E-state index in [1.807, 2.05) is 20.8 Å². The SMILES string of the molecule is COCCOc1ccc(C(=O)Nc2ccc(C(=O)NC(C)(C)C)cc2)cc1Br. The van der Waals surface area contributed by atoms with E-state index in [-0.39, 0.29) is 17.4 Å². The predicted molar refractivity (Wildman–Crippen MR) is 113 cm³/mol. The topological polar surface area (TPSA) is 76.7 Å². The van der Waals surface area contributed by atoms with E-state index >= 15 is 0 Å². The van der Waals surface area contributed by atoms with E-state index in [0.717, 1.165) is 0 Å². The van der Waals surface area contributed by atoms with Crippen LogP contribution < -0.4 is 15.4 Å². The van der Waals surface area contributed by atoms with Crippen molar-refractivity contribution >= 4 is 33.4 Å². The predicted octanol–water partition coefficient (Wildman–Crippen LogP) is 4.25. The van der Waals surface area contributed by atoms with Gasteiger partial charge in [0.05, 0.1) is 11.1 Å². The van der Waals surface area contributed by atoms with Gasteiger partial charge in [-0.3, -0.25) is 9.59 Å². The lowest BCUT2D eigenvalue weighted by Gasteiger charge is -2.20. The van der Waals surface area contributed by atoms with E-state index in [2.05, 4.69) is 26.6 Å². The lowest BCUT2D eigenvalue weighted by molar-refractivity contribution is 0.0919. The molecule has 0 aliphatic carbocycles. The van der Waals surface area contributed by atoms with Gasteiger partial charge in [0.1, 0.15) is 12.4 Å². The van der Waals surface area contributed by atoms with Crippen molar-refractivity contribution in [1.82, 2.24) is 5.32 Å². The maximum atomic E-state index is 12.5. The summed E-state index contributed by atoms with van der Waals surface area (Å²) in [5, 5.41) is 5.72. The summed E-state index contributed by atoms with van der Waals surface area (Å²) in [5.74, 6) is 0.234. The molecule has 28 heavy (non-hydrogen) atoms. The molecule has 0 saturated heterocycles. The molecule has 150 valence electrons. The van der Waals surface area contributed by atoms with Gasteiger partial charge in [-0.25, -0.2) is 0 Å². The molecule has 0 aromatic heterocycles. The van der Waals surface area contributed by atoms with Gasteiger partial charge in [0, 0.05) is 29.5 Å². The Morgan fingerprint density at radius 1 is 0.964 bits per heavy atom. The molecule has 0 heterocycles. The first-order chi connectivity index (χ1) is 13.2. The summed E-state index contributed by atoms with van der Waals surface area (Å²) >= 11 is 3.41. The van der Waals surface area contributed by atoms with E-state index in [4.69, 9.17) is 9.47 Å². The number of rotatable bonds is 7. The van der Waals surface area contributed by atoms with E-state index in [1.54, 1.807) is 49.6 Å². The zero-order chi connectivity index (χ0) is 20.7. The van der Waals surface area contributed by atoms with Gasteiger partial charge >= 0.3 is 0 Å². The van der Waals surface area contributed by atoms with Crippen LogP contribution >= 0.6 is 15.9 Å². The molecule has 0 saturated carbocycles. The van der Waals surface area contributed by atoms with Crippen molar-refractivity contribution in [3.63, 3.8) is 0 Å². The highest BCUT2D eigenvalue weighted by Gasteiger charge is 2.15. The molecule has 0 aliphatic heterocycles. The maximum absolute atomic E-state index is 12.5. The molecule has 0 bridgehead atoms. The summed E-state index contributed by atoms with van der Waals surface area (Å²) in [4.78, 5) is 24.6. The number of carbonyl (C=O) groups is 2. The molecule has 2 amide bonds. The number of ether oxygens (including phenoxy) is 2. The number of halogens is 1. The Hall–Kier alpha value is -2.38. The first-order valence-corrected chi connectivity index (χ1v) is 9.64. The van der Waals surface area contributed by atoms with Crippen LogP contribution in [0.2, 0.25) is 0 Å². The van der Waals surface area contributed by atoms with Crippen molar-refractivity contribution < 1.29 is 19.1 Å². The fraction of sp³-hybridized carbons (Fsp3) is 0.333. The van der Waals surface area contributed by atoms with Crippen LogP contribution in [0, 0.1) is 0 Å². The second-order valence-corrected chi connectivity index (χ2v) is 8.08. The summed E-state index contributed by atoms with van der Waals surface area (Å²) in [6.07, 6.45) is 0. The zero-order valence-electron chi connectivity index (χ0n) is 16.5. The standard InChI is InChI=1S/C21H25BrN2O4/c1-21(2,3)24-20(26)14-5-8-16(9-6-14)23-19(25)15-7-10-18(17(22)13-15)28-12-11-27-4/h5-10,13H,11-12H2,1-4H3,(H,23,25)(H,24,26). The molecular weight excluding hydrogens is 424 g/mol. The normalized spacial score (nSPS) is 11.0. The number of hydrogen-bond acceptors (Lipinski definition) is 4. The van der Waals surface area contributed by atoms with Crippen molar-refractivity contribution in [2.75, 3.05) is 25.6 Å². The van der Waals surface area contributed by atoms with Gasteiger partial charge in [-0.2, -0.15) is 0 Å². The minimum absolute atomic E-state index is 0.154. The quantitative estimate of drug-likeness (QED) is 0.620. The molecule has 0 spiro atoms. The number of carbonyl (C=O) groups excluding carboxylic acids is 2. The number of methoxy groups -OCH3 is 1. The number of amides is 2. The minimum atomic E-state index is -0.309. The smallest absolute Gasteiger partial charge is 0.255 e. The molecule has 0 fully saturated rings. The van der Waals surface area contributed by atoms with Crippen LogP contribution in [0.25, 0.3) is 0 Å². The fourth-order valence-electron chi connectivity index (χ4n) is 2.32. The van der Waals surface area contributed by atoms with Crippen molar-refractivity contribution in [1.29, 1.82) is 0 Å². The summed E-state index contributed by atoms with van der Waals surface area (Å²) in [6.45, 7) is 6.68. The van der Waals surface area contributed by atoms with Gasteiger partial charge in [0.15, 0.2) is 0 Å². The first-order valence-electron chi connectivity index (χ1n) is 8.85. The van der Waals surface area contributed by atoms with E-state index in [9.17, 15) is 9.59 Å². The number of hydrogen-bond donors (Lipinski definition) is 2. The largest absolute Gasteiger partial charge is 0.490 e. The first kappa shape index (κ1) is 21.9. The average Bonchev–Trinajstić information content (AvgIpc) is 2.62. The Kier molecular flexibility index (Phi) is 7.60. The van der Waals surface area contributed by atoms with Crippen LogP contribution in [-0.2, 0) is 4.74 Å². The van der Waals surface area contributed by atoms with Gasteiger partial charge in [-0.1, -0.05) is 0 Å². The molecular formula is C21H25BrN2O4. The molecule has 2 N–H and O–H groups in total. The van der Waals surface area contributed by atoms with Crippen LogP contribution in [0.4, 0.5) is 5.69 Å². The number of anilines is 1. The summed E-state index contributed by atoms with van der Waals surface area (Å²) in [7, 11) is 1.61. The maximum Gasteiger partial charge on any atom is 0.255 e. The van der Waals surface area contributed by atoms with Crippen LogP contribution in [0.1, 0.15) is 41.5 Å². The van der Waals surface area contributed by atoms with Crippen LogP contribution in [0.15, 0.2) is 46.9 Å².